The zero-order valence-electron chi connectivity index (χ0n) is 33.8. The number of methoxy groups -OCH3 is 1. The molecule has 5 heteroatoms. The topological polar surface area (TPSA) is 40.9 Å². The summed E-state index contributed by atoms with van der Waals surface area (Å²) in [5.74, 6) is 0.811. The maximum absolute atomic E-state index is 9.82. The maximum Gasteiger partial charge on any atom is 0.119 e. The van der Waals surface area contributed by atoms with Crippen LogP contribution in [0.3, 0.4) is 0 Å². The lowest BCUT2D eigenvalue weighted by atomic mass is 10.0. The van der Waals surface area contributed by atoms with E-state index in [-0.39, 0.29) is 6.61 Å². The van der Waals surface area contributed by atoms with Crippen LogP contribution in [0.25, 0.3) is 49.7 Å². The summed E-state index contributed by atoms with van der Waals surface area (Å²) < 4.78 is 7.95. The standard InChI is InChI=1S/C56H43N3O2/c1-61-51-37-35-49(36-38-51)58(48-29-23-44(24-30-48)42-13-6-3-7-14-42)54-17-10-18-55-56(54)52-15-8-9-16-53(52)59(55)50-33-31-47(32-34-50)57(45-25-19-40(39-60)20-26-45)46-27-21-43(22-28-46)41-11-4-2-5-12-41/h2-38,60H,39H2,1H3. The summed E-state index contributed by atoms with van der Waals surface area (Å²) in [6.07, 6.45) is 0. The van der Waals surface area contributed by atoms with E-state index in [1.807, 2.05) is 30.3 Å². The van der Waals surface area contributed by atoms with E-state index in [9.17, 15) is 5.11 Å². The van der Waals surface area contributed by atoms with Gasteiger partial charge in [-0.3, -0.25) is 0 Å². The fraction of sp³-hybridized carbons (Fsp3) is 0.0357. The molecule has 0 amide bonds. The molecule has 0 bridgehead atoms. The van der Waals surface area contributed by atoms with E-state index in [2.05, 4.69) is 208 Å². The summed E-state index contributed by atoms with van der Waals surface area (Å²) >= 11 is 0. The Morgan fingerprint density at radius 2 is 0.852 bits per heavy atom. The van der Waals surface area contributed by atoms with E-state index in [0.29, 0.717) is 0 Å². The number of para-hydroxylation sites is 1. The fourth-order valence-electron chi connectivity index (χ4n) is 8.44. The van der Waals surface area contributed by atoms with Crippen molar-refractivity contribution in [2.75, 3.05) is 16.9 Å². The number of aliphatic hydroxyl groups is 1. The summed E-state index contributed by atoms with van der Waals surface area (Å²) in [6.45, 7) is -0.000355. The Kier molecular flexibility index (Phi) is 10.1. The number of anilines is 6. The van der Waals surface area contributed by atoms with E-state index in [0.717, 1.165) is 73.1 Å². The first-order chi connectivity index (χ1) is 30.2. The van der Waals surface area contributed by atoms with Crippen molar-refractivity contribution < 1.29 is 9.84 Å². The summed E-state index contributed by atoms with van der Waals surface area (Å²) in [6, 6.07) is 79.0. The van der Waals surface area contributed by atoms with Gasteiger partial charge in [-0.1, -0.05) is 121 Å². The van der Waals surface area contributed by atoms with Crippen molar-refractivity contribution in [3.05, 3.63) is 230 Å². The molecular weight excluding hydrogens is 747 g/mol. The number of hydrogen-bond acceptors (Lipinski definition) is 4. The van der Waals surface area contributed by atoms with Crippen LogP contribution >= 0.6 is 0 Å². The van der Waals surface area contributed by atoms with Gasteiger partial charge in [0.2, 0.25) is 0 Å². The average molecular weight is 790 g/mol. The molecular formula is C56H43N3O2. The number of ether oxygens (including phenoxy) is 1. The molecule has 0 saturated carbocycles. The average Bonchev–Trinajstić information content (AvgIpc) is 3.68. The van der Waals surface area contributed by atoms with E-state index in [1.165, 1.54) is 22.1 Å². The molecule has 0 aliphatic heterocycles. The fourth-order valence-corrected chi connectivity index (χ4v) is 8.44. The Labute approximate surface area is 356 Å². The van der Waals surface area contributed by atoms with Crippen LogP contribution in [0.5, 0.6) is 5.75 Å². The van der Waals surface area contributed by atoms with E-state index in [4.69, 9.17) is 4.74 Å². The van der Waals surface area contributed by atoms with Crippen LogP contribution in [0.1, 0.15) is 5.56 Å². The number of rotatable bonds is 11. The summed E-state index contributed by atoms with van der Waals surface area (Å²) in [4.78, 5) is 4.61. The predicted octanol–water partition coefficient (Wildman–Crippen LogP) is 14.6. The Bertz CT molecular complexity index is 3050. The van der Waals surface area contributed by atoms with Crippen molar-refractivity contribution in [1.29, 1.82) is 0 Å². The molecule has 1 heterocycles. The molecule has 0 saturated heterocycles. The van der Waals surface area contributed by atoms with Gasteiger partial charge in [0.05, 0.1) is 30.4 Å². The van der Waals surface area contributed by atoms with Gasteiger partial charge in [0.15, 0.2) is 0 Å². The van der Waals surface area contributed by atoms with Crippen molar-refractivity contribution in [2.24, 2.45) is 0 Å². The third kappa shape index (κ3) is 7.18. The second-order valence-corrected chi connectivity index (χ2v) is 15.1. The molecule has 0 aliphatic rings. The molecule has 0 fully saturated rings. The second-order valence-electron chi connectivity index (χ2n) is 15.1. The van der Waals surface area contributed by atoms with Gasteiger partial charge in [-0.25, -0.2) is 0 Å². The minimum absolute atomic E-state index is 0.000355. The van der Waals surface area contributed by atoms with Gasteiger partial charge in [-0.05, 0) is 131 Å². The third-order valence-electron chi connectivity index (χ3n) is 11.5. The Morgan fingerprint density at radius 3 is 1.39 bits per heavy atom. The van der Waals surface area contributed by atoms with Gasteiger partial charge < -0.3 is 24.2 Å². The lowest BCUT2D eigenvalue weighted by Gasteiger charge is -2.27. The largest absolute Gasteiger partial charge is 0.497 e. The maximum atomic E-state index is 9.82. The molecule has 10 rings (SSSR count). The molecule has 294 valence electrons. The molecule has 0 unspecified atom stereocenters. The Hall–Kier alpha value is -7.86. The zero-order chi connectivity index (χ0) is 41.1. The number of aromatic nitrogens is 1. The molecule has 0 spiro atoms. The number of nitrogens with zero attached hydrogens (tertiary/aromatic N) is 3. The second kappa shape index (κ2) is 16.4. The summed E-state index contributed by atoms with van der Waals surface area (Å²) in [5, 5.41) is 12.1. The molecule has 5 nitrogen and oxygen atoms in total. The Balaban J connectivity index is 1.09. The summed E-state index contributed by atoms with van der Waals surface area (Å²) in [7, 11) is 1.70. The van der Waals surface area contributed by atoms with Gasteiger partial charge in [0, 0.05) is 44.9 Å². The lowest BCUT2D eigenvalue weighted by molar-refractivity contribution is 0.282. The van der Waals surface area contributed by atoms with Crippen molar-refractivity contribution in [1.82, 2.24) is 4.57 Å². The molecule has 1 aromatic heterocycles. The van der Waals surface area contributed by atoms with Gasteiger partial charge >= 0.3 is 0 Å². The molecule has 0 atom stereocenters. The smallest absolute Gasteiger partial charge is 0.119 e. The van der Waals surface area contributed by atoms with Crippen LogP contribution in [-0.4, -0.2) is 16.8 Å². The Morgan fingerprint density at radius 1 is 0.410 bits per heavy atom. The van der Waals surface area contributed by atoms with Crippen LogP contribution in [-0.2, 0) is 6.61 Å². The normalized spacial score (nSPS) is 11.2. The van der Waals surface area contributed by atoms with Crippen molar-refractivity contribution in [2.45, 2.75) is 6.61 Å². The molecule has 9 aromatic carbocycles. The quantitative estimate of drug-likeness (QED) is 0.142. The van der Waals surface area contributed by atoms with Crippen LogP contribution in [0.15, 0.2) is 224 Å². The molecule has 10 aromatic rings. The van der Waals surface area contributed by atoms with E-state index < -0.39 is 0 Å². The van der Waals surface area contributed by atoms with Gasteiger partial charge in [0.1, 0.15) is 5.75 Å². The highest BCUT2D eigenvalue weighted by molar-refractivity contribution is 6.16. The first kappa shape index (κ1) is 37.4. The van der Waals surface area contributed by atoms with Crippen molar-refractivity contribution in [3.63, 3.8) is 0 Å². The molecule has 1 N–H and O–H groups in total. The number of hydrogen-bond donors (Lipinski definition) is 1. The minimum Gasteiger partial charge on any atom is -0.497 e. The van der Waals surface area contributed by atoms with Crippen LogP contribution in [0.2, 0.25) is 0 Å². The van der Waals surface area contributed by atoms with E-state index >= 15 is 0 Å². The van der Waals surface area contributed by atoms with Gasteiger partial charge in [-0.2, -0.15) is 0 Å². The first-order valence-electron chi connectivity index (χ1n) is 20.5. The first-order valence-corrected chi connectivity index (χ1v) is 20.5. The highest BCUT2D eigenvalue weighted by Crippen LogP contribution is 2.45. The monoisotopic (exact) mass is 789 g/mol. The van der Waals surface area contributed by atoms with Crippen LogP contribution < -0.4 is 14.5 Å². The number of fused-ring (bicyclic) bond motifs is 3. The van der Waals surface area contributed by atoms with Crippen molar-refractivity contribution >= 4 is 55.9 Å². The molecule has 0 aliphatic carbocycles. The molecule has 61 heavy (non-hydrogen) atoms. The van der Waals surface area contributed by atoms with Crippen LogP contribution in [0, 0.1) is 0 Å². The van der Waals surface area contributed by atoms with Gasteiger partial charge in [-0.15, -0.1) is 0 Å². The van der Waals surface area contributed by atoms with E-state index in [1.54, 1.807) is 7.11 Å². The minimum atomic E-state index is -0.000355. The summed E-state index contributed by atoms with van der Waals surface area (Å²) in [5.41, 5.74) is 15.1. The lowest BCUT2D eigenvalue weighted by Crippen LogP contribution is -2.10. The number of benzene rings is 9. The van der Waals surface area contributed by atoms with Crippen molar-refractivity contribution in [3.8, 4) is 33.7 Å². The molecule has 0 radical (unpaired) electrons. The predicted molar refractivity (Wildman–Crippen MR) is 253 cm³/mol. The van der Waals surface area contributed by atoms with Gasteiger partial charge in [0.25, 0.3) is 0 Å². The SMILES string of the molecule is COc1ccc(N(c2ccc(-c3ccccc3)cc2)c2cccc3c2c2ccccc2n3-c2ccc(N(c3ccc(CO)cc3)c3ccc(-c4ccccc4)cc3)cc2)cc1. The zero-order valence-corrected chi connectivity index (χ0v) is 33.8. The van der Waals surface area contributed by atoms with Crippen LogP contribution in [0.4, 0.5) is 34.1 Å². The number of aliphatic hydroxyl groups excluding tert-OH is 1. The highest BCUT2D eigenvalue weighted by Gasteiger charge is 2.22. The highest BCUT2D eigenvalue weighted by atomic mass is 16.5. The third-order valence-corrected chi connectivity index (χ3v) is 11.5.